The number of methoxy groups -OCH3 is 2. The van der Waals surface area contributed by atoms with E-state index in [-0.39, 0.29) is 18.3 Å². The zero-order chi connectivity index (χ0) is 15.7. The smallest absolute Gasteiger partial charge is 0.260 e. The third-order valence-corrected chi connectivity index (χ3v) is 3.22. The van der Waals surface area contributed by atoms with Crippen LogP contribution in [0.4, 0.5) is 4.39 Å². The van der Waals surface area contributed by atoms with Gasteiger partial charge in [0.05, 0.1) is 13.2 Å². The number of hydrogen-bond donors (Lipinski definition) is 0. The van der Waals surface area contributed by atoms with Gasteiger partial charge in [-0.05, 0) is 18.2 Å². The highest BCUT2D eigenvalue weighted by molar-refractivity contribution is 9.10. The molecule has 1 aromatic carbocycles. The summed E-state index contributed by atoms with van der Waals surface area (Å²) in [5.74, 6) is -0.714. The molecule has 0 aliphatic carbocycles. The summed E-state index contributed by atoms with van der Waals surface area (Å²) >= 11 is 3.16. The van der Waals surface area contributed by atoms with Gasteiger partial charge < -0.3 is 19.1 Å². The van der Waals surface area contributed by atoms with Gasteiger partial charge in [-0.3, -0.25) is 4.79 Å². The fourth-order valence-corrected chi connectivity index (χ4v) is 1.92. The molecule has 21 heavy (non-hydrogen) atoms. The standard InChI is InChI=1S/C14H19BrFNO4/c1-19-7-5-17(6-8-20-2)14(18)10-21-13-4-3-11(15)9-12(13)16/h3-4,9H,5-8,10H2,1-2H3. The van der Waals surface area contributed by atoms with Crippen molar-refractivity contribution in [3.05, 3.63) is 28.5 Å². The van der Waals surface area contributed by atoms with E-state index in [0.717, 1.165) is 0 Å². The van der Waals surface area contributed by atoms with E-state index in [9.17, 15) is 9.18 Å². The van der Waals surface area contributed by atoms with Crippen LogP contribution in [0.25, 0.3) is 0 Å². The van der Waals surface area contributed by atoms with E-state index in [0.29, 0.717) is 30.8 Å². The molecule has 0 fully saturated rings. The Labute approximate surface area is 132 Å². The maximum Gasteiger partial charge on any atom is 0.260 e. The minimum Gasteiger partial charge on any atom is -0.481 e. The SMILES string of the molecule is COCCN(CCOC)C(=O)COc1ccc(Br)cc1F. The molecule has 0 unspecified atom stereocenters. The van der Waals surface area contributed by atoms with E-state index >= 15 is 0 Å². The molecule has 0 saturated carbocycles. The number of hydrogen-bond acceptors (Lipinski definition) is 4. The molecule has 0 spiro atoms. The van der Waals surface area contributed by atoms with Gasteiger partial charge in [0.1, 0.15) is 0 Å². The van der Waals surface area contributed by atoms with Gasteiger partial charge in [-0.15, -0.1) is 0 Å². The molecular formula is C14H19BrFNO4. The third kappa shape index (κ3) is 6.41. The number of rotatable bonds is 9. The quantitative estimate of drug-likeness (QED) is 0.673. The van der Waals surface area contributed by atoms with Crippen LogP contribution in [0.2, 0.25) is 0 Å². The number of carbonyl (C=O) groups excluding carboxylic acids is 1. The summed E-state index contributed by atoms with van der Waals surface area (Å²) in [6, 6.07) is 4.41. The van der Waals surface area contributed by atoms with Crippen molar-refractivity contribution in [3.8, 4) is 5.75 Å². The van der Waals surface area contributed by atoms with Gasteiger partial charge in [0.25, 0.3) is 5.91 Å². The molecule has 0 bridgehead atoms. The highest BCUT2D eigenvalue weighted by Crippen LogP contribution is 2.21. The highest BCUT2D eigenvalue weighted by atomic mass is 79.9. The Morgan fingerprint density at radius 1 is 1.24 bits per heavy atom. The zero-order valence-electron chi connectivity index (χ0n) is 12.1. The molecule has 0 radical (unpaired) electrons. The van der Waals surface area contributed by atoms with Crippen LogP contribution < -0.4 is 4.74 Å². The van der Waals surface area contributed by atoms with Gasteiger partial charge in [-0.1, -0.05) is 15.9 Å². The number of carbonyl (C=O) groups is 1. The summed E-state index contributed by atoms with van der Waals surface area (Å²) in [6.07, 6.45) is 0. The predicted octanol–water partition coefficient (Wildman–Crippen LogP) is 2.09. The van der Waals surface area contributed by atoms with Crippen molar-refractivity contribution in [1.82, 2.24) is 4.90 Å². The monoisotopic (exact) mass is 363 g/mol. The first-order chi connectivity index (χ1) is 10.1. The second-order valence-corrected chi connectivity index (χ2v) is 5.15. The number of nitrogens with zero attached hydrogens (tertiary/aromatic N) is 1. The van der Waals surface area contributed by atoms with Crippen LogP contribution in [0.5, 0.6) is 5.75 Å². The van der Waals surface area contributed by atoms with Crippen LogP contribution in [-0.4, -0.2) is 57.9 Å². The average Bonchev–Trinajstić information content (AvgIpc) is 2.46. The summed E-state index contributed by atoms with van der Waals surface area (Å²) in [7, 11) is 3.12. The molecule has 1 aromatic rings. The number of benzene rings is 1. The Hall–Kier alpha value is -1.18. The number of ether oxygens (including phenoxy) is 3. The van der Waals surface area contributed by atoms with Gasteiger partial charge in [0.2, 0.25) is 0 Å². The van der Waals surface area contributed by atoms with Crippen molar-refractivity contribution in [2.24, 2.45) is 0 Å². The Bertz CT molecular complexity index is 451. The van der Waals surface area contributed by atoms with E-state index in [1.807, 2.05) is 0 Å². The molecular weight excluding hydrogens is 345 g/mol. The Kier molecular flexibility index (Phi) is 8.26. The predicted molar refractivity (Wildman–Crippen MR) is 79.9 cm³/mol. The molecule has 1 amide bonds. The lowest BCUT2D eigenvalue weighted by atomic mass is 10.3. The summed E-state index contributed by atoms with van der Waals surface area (Å²) < 4.78 is 29.3. The van der Waals surface area contributed by atoms with Crippen molar-refractivity contribution < 1.29 is 23.4 Å². The summed E-state index contributed by atoms with van der Waals surface area (Å²) in [4.78, 5) is 13.6. The van der Waals surface area contributed by atoms with E-state index in [1.54, 1.807) is 25.2 Å². The zero-order valence-corrected chi connectivity index (χ0v) is 13.7. The van der Waals surface area contributed by atoms with Crippen molar-refractivity contribution in [3.63, 3.8) is 0 Å². The maximum atomic E-state index is 13.6. The van der Waals surface area contributed by atoms with Gasteiger partial charge in [-0.2, -0.15) is 0 Å². The molecule has 118 valence electrons. The average molecular weight is 364 g/mol. The van der Waals surface area contributed by atoms with E-state index in [2.05, 4.69) is 15.9 Å². The normalized spacial score (nSPS) is 10.5. The highest BCUT2D eigenvalue weighted by Gasteiger charge is 2.15. The second-order valence-electron chi connectivity index (χ2n) is 4.23. The third-order valence-electron chi connectivity index (χ3n) is 2.73. The molecule has 0 saturated heterocycles. The van der Waals surface area contributed by atoms with Crippen molar-refractivity contribution in [2.75, 3.05) is 47.1 Å². The topological polar surface area (TPSA) is 48.0 Å². The van der Waals surface area contributed by atoms with Crippen molar-refractivity contribution >= 4 is 21.8 Å². The van der Waals surface area contributed by atoms with Crippen LogP contribution in [0.1, 0.15) is 0 Å². The molecule has 0 aliphatic heterocycles. The molecule has 0 aromatic heterocycles. The summed E-state index contributed by atoms with van der Waals surface area (Å²) in [5, 5.41) is 0. The van der Waals surface area contributed by atoms with E-state index < -0.39 is 5.82 Å². The summed E-state index contributed by atoms with van der Waals surface area (Å²) in [5.41, 5.74) is 0. The lowest BCUT2D eigenvalue weighted by Crippen LogP contribution is -2.39. The van der Waals surface area contributed by atoms with Gasteiger partial charge in [0.15, 0.2) is 18.2 Å². The lowest BCUT2D eigenvalue weighted by molar-refractivity contribution is -0.134. The van der Waals surface area contributed by atoms with Crippen molar-refractivity contribution in [2.45, 2.75) is 0 Å². The molecule has 1 rings (SSSR count). The van der Waals surface area contributed by atoms with Crippen molar-refractivity contribution in [1.29, 1.82) is 0 Å². The Morgan fingerprint density at radius 3 is 2.38 bits per heavy atom. The number of halogens is 2. The van der Waals surface area contributed by atoms with Crippen LogP contribution in [0.15, 0.2) is 22.7 Å². The first-order valence-corrected chi connectivity index (χ1v) is 7.21. The van der Waals surface area contributed by atoms with Gasteiger partial charge in [0, 0.05) is 31.8 Å². The second kappa shape index (κ2) is 9.70. The molecule has 0 atom stereocenters. The fraction of sp³-hybridized carbons (Fsp3) is 0.500. The minimum atomic E-state index is -0.516. The van der Waals surface area contributed by atoms with E-state index in [4.69, 9.17) is 14.2 Å². The fourth-order valence-electron chi connectivity index (χ4n) is 1.59. The molecule has 5 nitrogen and oxygen atoms in total. The van der Waals surface area contributed by atoms with Crippen LogP contribution in [0.3, 0.4) is 0 Å². The summed E-state index contributed by atoms with van der Waals surface area (Å²) in [6.45, 7) is 1.48. The minimum absolute atomic E-state index is 0.0463. The lowest BCUT2D eigenvalue weighted by Gasteiger charge is -2.22. The first-order valence-electron chi connectivity index (χ1n) is 6.42. The largest absolute Gasteiger partial charge is 0.481 e. The van der Waals surface area contributed by atoms with Crippen LogP contribution in [0, 0.1) is 5.82 Å². The first kappa shape index (κ1) is 17.9. The van der Waals surface area contributed by atoms with Gasteiger partial charge >= 0.3 is 0 Å². The maximum absolute atomic E-state index is 13.6. The number of amides is 1. The molecule has 7 heteroatoms. The van der Waals surface area contributed by atoms with Crippen LogP contribution in [-0.2, 0) is 14.3 Å². The van der Waals surface area contributed by atoms with Crippen LogP contribution >= 0.6 is 15.9 Å². The van der Waals surface area contributed by atoms with E-state index in [1.165, 1.54) is 12.1 Å². The molecule has 0 aliphatic rings. The Balaban J connectivity index is 2.55. The molecule has 0 heterocycles. The van der Waals surface area contributed by atoms with Gasteiger partial charge in [-0.25, -0.2) is 4.39 Å². The Morgan fingerprint density at radius 2 is 1.86 bits per heavy atom. The molecule has 0 N–H and O–H groups in total.